The summed E-state index contributed by atoms with van der Waals surface area (Å²) in [7, 11) is -33.1. The number of rotatable bonds is 24. The van der Waals surface area contributed by atoms with Crippen molar-refractivity contribution in [2.24, 2.45) is 0 Å². The molecule has 3 fully saturated rings. The number of aromatic nitrogens is 2. The Morgan fingerprint density at radius 2 is 0.798 bits per heavy atom. The Bertz CT molecular complexity index is 3700. The largest absolute Gasteiger partial charge is 0.488 e. The van der Waals surface area contributed by atoms with Crippen LogP contribution in [0.5, 0.6) is 0 Å². The summed E-state index contributed by atoms with van der Waals surface area (Å²) in [6.45, 7) is -9.62. The average Bonchev–Trinajstić information content (AvgIpc) is 1.62. The van der Waals surface area contributed by atoms with Crippen molar-refractivity contribution in [2.75, 3.05) is 19.8 Å². The maximum absolute atomic E-state index is 12.0. The molecule has 21 N–H and O–H groups in total. The topological polar surface area (TPSA) is 697 Å². The first-order valence-electron chi connectivity index (χ1n) is 23.2. The number of amides is 2. The Morgan fingerprint density at radius 3 is 1.05 bits per heavy atom. The molecule has 1 aromatic heterocycles. The number of aliphatic hydroxyl groups is 6. The van der Waals surface area contributed by atoms with Crippen LogP contribution in [0.1, 0.15) is 13.7 Å². The Balaban J connectivity index is 0.000000366. The van der Waals surface area contributed by atoms with Gasteiger partial charge in [-0.15, -0.1) is 19.3 Å². The maximum atomic E-state index is 12.0. The minimum atomic E-state index is -5.57. The monoisotopic (exact) mass is 1580 g/mol. The number of H-pyrrole nitrogens is 1. The van der Waals surface area contributed by atoms with Gasteiger partial charge in [-0.2, -0.15) is 12.9 Å². The highest BCUT2D eigenvalue weighted by atomic mass is 32.5. The third-order valence-electron chi connectivity index (χ3n) is 11.1. The fourth-order valence-electron chi connectivity index (χ4n) is 7.45. The van der Waals surface area contributed by atoms with E-state index in [4.69, 9.17) is 71.9 Å². The summed E-state index contributed by atoms with van der Waals surface area (Å²) >= 11 is 13.3. The van der Waals surface area contributed by atoms with Crippen LogP contribution >= 0.6 is 67.1 Å². The lowest BCUT2D eigenvalue weighted by molar-refractivity contribution is -0.120. The van der Waals surface area contributed by atoms with Crippen LogP contribution in [-0.2, 0) is 126 Å². The fraction of sp³-hybridized carbons (Fsp3) is 0.444. The van der Waals surface area contributed by atoms with Crippen molar-refractivity contribution in [3.8, 4) is 37.0 Å². The minimum absolute atomic E-state index is 0. The molecule has 0 bridgehead atoms. The third kappa shape index (κ3) is 23.6. The van der Waals surface area contributed by atoms with Gasteiger partial charge in [0.2, 0.25) is 0 Å². The highest BCUT2D eigenvalue weighted by Gasteiger charge is 2.60. The summed E-state index contributed by atoms with van der Waals surface area (Å²) in [5, 5.41) is 67.7. The normalized spacial score (nSPS) is 31.6. The van der Waals surface area contributed by atoms with E-state index in [1.54, 1.807) is 0 Å². The van der Waals surface area contributed by atoms with E-state index in [1.165, 1.54) is 12.4 Å². The molecule has 0 aromatic carbocycles. The van der Waals surface area contributed by atoms with Crippen molar-refractivity contribution in [1.82, 2.24) is 30.0 Å². The van der Waals surface area contributed by atoms with E-state index >= 15 is 0 Å². The van der Waals surface area contributed by atoms with Crippen LogP contribution in [0.15, 0.2) is 71.2 Å². The number of ether oxygens (including phenoxy) is 3. The van der Waals surface area contributed by atoms with Crippen LogP contribution in [0.3, 0.4) is 0 Å². The molecule has 2 amide bonds. The number of phosphoric acid groups is 6. The van der Waals surface area contributed by atoms with Gasteiger partial charge in [-0.05, 0) is 35.4 Å². The smallest absolute Gasteiger partial charge is 0.386 e. The number of terminal acetylenes is 3. The second-order valence-corrected chi connectivity index (χ2v) is 35.2. The third-order valence-corrected chi connectivity index (χ3v) is 25.3. The van der Waals surface area contributed by atoms with Gasteiger partial charge in [0.15, 0.2) is 35.5 Å². The highest BCUT2D eigenvalue weighted by Crippen LogP contribution is 2.69. The predicted octanol–water partition coefficient (Wildman–Crippen LogP) is -5.12. The van der Waals surface area contributed by atoms with Gasteiger partial charge in [0.1, 0.15) is 48.3 Å². The molecule has 0 aliphatic carbocycles. The van der Waals surface area contributed by atoms with Crippen molar-refractivity contribution in [1.29, 1.82) is 0 Å². The molecule has 9 unspecified atom stereocenters. The molecule has 5 aliphatic heterocycles. The second-order valence-electron chi connectivity index (χ2n) is 17.8. The number of carbonyl (C=O) groups is 2. The molecule has 0 radical (unpaired) electrons. The molecule has 0 spiro atoms. The SMILES string of the molecule is C.C#C[C@]1(O)C(N2C=CC(=O)NC2=C)O[C@H](COP(O)(=S)OP(=O)(O)OP(=O)(O)O)[C@H]1O.C#C[C@]1(O)C(N2C=CC(=O)NC2=C)O[C@H](COP(O)(=S)OP(=O)(O)OP(=O)(O)O)[C@H]1O.C#C[C@]1(O)C(n2ccc(=O)[nH]c2=O)O[C@H](COP(O)(=S)OP(=O)(O)OP(=O)(O)O)[C@H]1O. The molecule has 6 heterocycles. The molecule has 46 nitrogen and oxygen atoms in total. The van der Waals surface area contributed by atoms with E-state index in [0.717, 1.165) is 34.2 Å². The molecule has 58 heteroatoms. The van der Waals surface area contributed by atoms with Gasteiger partial charge in [-0.25, -0.2) is 45.1 Å². The number of nitrogens with zero attached hydrogens (tertiary/aromatic N) is 3. The van der Waals surface area contributed by atoms with Gasteiger partial charge < -0.3 is 138 Å². The van der Waals surface area contributed by atoms with E-state index < -0.39 is 182 Å². The molecule has 530 valence electrons. The number of aliphatic hydroxyl groups excluding tert-OH is 3. The predicted molar refractivity (Wildman–Crippen MR) is 315 cm³/mol. The van der Waals surface area contributed by atoms with Gasteiger partial charge in [0.25, 0.3) is 17.4 Å². The molecule has 18 atom stereocenters. The summed E-state index contributed by atoms with van der Waals surface area (Å²) in [4.78, 5) is 158. The van der Waals surface area contributed by atoms with Crippen LogP contribution in [0.4, 0.5) is 0 Å². The van der Waals surface area contributed by atoms with E-state index in [1.807, 2.05) is 22.7 Å². The molecule has 5 aliphatic rings. The number of aromatic amines is 1. The average molecular weight is 1580 g/mol. The molecule has 94 heavy (non-hydrogen) atoms. The molecular formula is C36H53N6O40P9S3. The van der Waals surface area contributed by atoms with Crippen LogP contribution in [0.2, 0.25) is 0 Å². The minimum Gasteiger partial charge on any atom is -0.386 e. The quantitative estimate of drug-likeness (QED) is 0.0340. The van der Waals surface area contributed by atoms with Crippen LogP contribution < -0.4 is 21.9 Å². The van der Waals surface area contributed by atoms with E-state index in [9.17, 15) is 107 Å². The first-order valence-corrected chi connectivity index (χ1v) is 40.0. The van der Waals surface area contributed by atoms with Crippen molar-refractivity contribution >= 4 is 114 Å². The zero-order chi connectivity index (χ0) is 71.5. The van der Waals surface area contributed by atoms with E-state index in [0.29, 0.717) is 4.57 Å². The second kappa shape index (κ2) is 31.7. The van der Waals surface area contributed by atoms with Gasteiger partial charge in [-0.3, -0.25) is 23.9 Å². The lowest BCUT2D eigenvalue weighted by atomic mass is 9.94. The number of carbonyl (C=O) groups excluding carboxylic acids is 2. The summed E-state index contributed by atoms with van der Waals surface area (Å²) in [6, 6.07) is 0.902. The van der Waals surface area contributed by atoms with Crippen molar-refractivity contribution in [2.45, 2.75) is 79.5 Å². The molecule has 0 saturated carbocycles. The maximum Gasteiger partial charge on any atom is 0.488 e. The van der Waals surface area contributed by atoms with Crippen LogP contribution in [-0.4, -0.2) is 206 Å². The highest BCUT2D eigenvalue weighted by molar-refractivity contribution is 8.09. The Hall–Kier alpha value is -3.01. The van der Waals surface area contributed by atoms with Crippen molar-refractivity contribution in [3.05, 3.63) is 82.5 Å². The number of hydrogen-bond donors (Lipinski definition) is 21. The lowest BCUT2D eigenvalue weighted by Gasteiger charge is -2.36. The van der Waals surface area contributed by atoms with Gasteiger partial charge in [0, 0.05) is 36.8 Å². The zero-order valence-electron chi connectivity index (χ0n) is 45.1. The first-order chi connectivity index (χ1) is 42.0. The standard InChI is InChI=1S/2C12H17N2O13P3S.C11H15N2O14P3S.CH4/c2*1-3-12(17)10(16)8(25-11(12)14-5-4-9(15)13-7(14)2)6-24-30(23,31)27-29(21,22)26-28(18,19)20;1-2-11(17)8(15)6(25-9(11)13-4-3-7(14)12-10(13)16)5-24-30(23,31)27-29(21,22)26-28(18,19)20;/h2*1,4-5,8,10-11,16-17H,2,6H2,(H,13,15)(H,21,22)(H,23,31)(H2,18,19,20);1,3-4,6,8-9,15,17H,5H2,(H,21,22)(H,23,31)(H,12,14,16)(H2,18,19,20);1H4/t2*8-,10-,11?,12-,30?;6-,8-,9?,11-,30?;/m111./s1. The van der Waals surface area contributed by atoms with E-state index in [2.05, 4.69) is 89.6 Å². The summed E-state index contributed by atoms with van der Waals surface area (Å²) in [5.41, 5.74) is -9.11. The summed E-state index contributed by atoms with van der Waals surface area (Å²) < 4.78 is 120. The fourth-order valence-corrected chi connectivity index (χ4v) is 19.4. The first kappa shape index (κ1) is 85.2. The summed E-state index contributed by atoms with van der Waals surface area (Å²) in [5.74, 6) is 4.61. The zero-order valence-corrected chi connectivity index (χ0v) is 55.5. The Labute approximate surface area is 540 Å². The number of nitrogens with one attached hydrogen (secondary N) is 3. The van der Waals surface area contributed by atoms with E-state index in [-0.39, 0.29) is 19.1 Å². The van der Waals surface area contributed by atoms with Crippen LogP contribution in [0.25, 0.3) is 0 Å². The molecule has 6 rings (SSSR count). The lowest BCUT2D eigenvalue weighted by Crippen LogP contribution is -2.54. The molecular weight excluding hydrogens is 1530 g/mol. The molecule has 1 aromatic rings. The Kier molecular flexibility index (Phi) is 28.7. The van der Waals surface area contributed by atoms with Gasteiger partial charge >= 0.3 is 72.8 Å². The summed E-state index contributed by atoms with van der Waals surface area (Å²) in [6.07, 6.45) is 6.24. The van der Waals surface area contributed by atoms with Gasteiger partial charge in [-0.1, -0.05) is 38.3 Å². The van der Waals surface area contributed by atoms with Crippen molar-refractivity contribution in [3.63, 3.8) is 0 Å². The Morgan fingerprint density at radius 1 is 0.521 bits per heavy atom. The van der Waals surface area contributed by atoms with Gasteiger partial charge in [0.05, 0.1) is 19.8 Å². The van der Waals surface area contributed by atoms with Crippen molar-refractivity contribution < 1.29 is 180 Å². The number of hydrogen-bond acceptors (Lipinski definition) is 33. The molecule has 3 saturated heterocycles. The van der Waals surface area contributed by atoms with Crippen LogP contribution in [0, 0.1) is 37.0 Å².